The number of carboxylic acid groups (broad SMARTS) is 1. The van der Waals surface area contributed by atoms with Crippen molar-refractivity contribution in [2.24, 2.45) is 0 Å². The third kappa shape index (κ3) is 1.27. The summed E-state index contributed by atoms with van der Waals surface area (Å²) in [5.74, 6) is -1.35. The first-order chi connectivity index (χ1) is 6.97. The molecule has 0 aromatic rings. The van der Waals surface area contributed by atoms with Gasteiger partial charge in [-0.25, -0.2) is 4.79 Å². The number of allylic oxidation sites excluding steroid dienone is 2. The lowest BCUT2D eigenvalue weighted by Gasteiger charge is -2.32. The number of rotatable bonds is 1. The lowest BCUT2D eigenvalue weighted by molar-refractivity contribution is -0.172. The fourth-order valence-electron chi connectivity index (χ4n) is 2.03. The maximum absolute atomic E-state index is 11.0. The molecule has 3 N–H and O–H groups in total. The highest BCUT2D eigenvalue weighted by Gasteiger charge is 2.53. The van der Waals surface area contributed by atoms with Crippen LogP contribution in [0, 0.1) is 6.54 Å². The summed E-state index contributed by atoms with van der Waals surface area (Å²) in [4.78, 5) is 12.2. The molecular weight excluding hydrogens is 198 g/mol. The van der Waals surface area contributed by atoms with Crippen LogP contribution in [0.25, 0.3) is 0 Å². The second-order valence-electron chi connectivity index (χ2n) is 3.79. The van der Waals surface area contributed by atoms with E-state index in [1.165, 1.54) is 11.4 Å². The van der Waals surface area contributed by atoms with E-state index < -0.39 is 17.8 Å². The van der Waals surface area contributed by atoms with E-state index in [0.29, 0.717) is 5.70 Å². The van der Waals surface area contributed by atoms with Crippen molar-refractivity contribution in [3.63, 3.8) is 0 Å². The molecule has 81 valence electrons. The molecule has 15 heavy (non-hydrogen) atoms. The number of aliphatic hydroxyl groups excluding tert-OH is 1. The Balaban J connectivity index is 2.47. The van der Waals surface area contributed by atoms with Gasteiger partial charge in [-0.05, 0) is 12.5 Å². The summed E-state index contributed by atoms with van der Waals surface area (Å²) in [6, 6.07) is 0. The number of fused-ring (bicyclic) bond motifs is 1. The third-order valence-corrected chi connectivity index (χ3v) is 2.78. The highest BCUT2D eigenvalue weighted by Crippen LogP contribution is 2.40. The SMILES string of the molecule is CC1=C2[C@H](O)C[C@](O)(C(=O)O)N2[CH]C=C1. The molecule has 0 amide bonds. The molecule has 1 radical (unpaired) electrons. The van der Waals surface area contributed by atoms with Crippen molar-refractivity contribution in [3.05, 3.63) is 30.0 Å². The molecule has 1 fully saturated rings. The van der Waals surface area contributed by atoms with Gasteiger partial charge in [-0.3, -0.25) is 0 Å². The van der Waals surface area contributed by atoms with Crippen molar-refractivity contribution < 1.29 is 20.1 Å². The first kappa shape index (κ1) is 10.2. The van der Waals surface area contributed by atoms with Crippen LogP contribution >= 0.6 is 0 Å². The van der Waals surface area contributed by atoms with Crippen LogP contribution in [0.2, 0.25) is 0 Å². The number of nitrogens with zero attached hydrogens (tertiary/aromatic N) is 1. The Hall–Kier alpha value is -1.33. The van der Waals surface area contributed by atoms with Gasteiger partial charge in [0.05, 0.1) is 12.6 Å². The quantitative estimate of drug-likeness (QED) is 0.560. The smallest absolute Gasteiger partial charge is 0.357 e. The summed E-state index contributed by atoms with van der Waals surface area (Å²) >= 11 is 0. The molecule has 0 aromatic heterocycles. The van der Waals surface area contributed by atoms with Gasteiger partial charge in [0.15, 0.2) is 0 Å². The second-order valence-corrected chi connectivity index (χ2v) is 3.79. The fraction of sp³-hybridized carbons (Fsp3) is 0.400. The summed E-state index contributed by atoms with van der Waals surface area (Å²) < 4.78 is 0. The zero-order valence-corrected chi connectivity index (χ0v) is 8.21. The van der Waals surface area contributed by atoms with Gasteiger partial charge in [-0.1, -0.05) is 12.2 Å². The van der Waals surface area contributed by atoms with E-state index in [4.69, 9.17) is 5.11 Å². The molecule has 0 spiro atoms. The van der Waals surface area contributed by atoms with Crippen LogP contribution in [0.5, 0.6) is 0 Å². The number of hydrogen-bond donors (Lipinski definition) is 3. The van der Waals surface area contributed by atoms with Crippen molar-refractivity contribution in [1.29, 1.82) is 0 Å². The molecule has 1 saturated heterocycles. The second kappa shape index (κ2) is 3.08. The molecule has 0 unspecified atom stereocenters. The normalized spacial score (nSPS) is 34.6. The average molecular weight is 210 g/mol. The van der Waals surface area contributed by atoms with Crippen LogP contribution in [-0.4, -0.2) is 38.0 Å². The van der Waals surface area contributed by atoms with Crippen molar-refractivity contribution in [2.45, 2.75) is 25.2 Å². The topological polar surface area (TPSA) is 81.0 Å². The van der Waals surface area contributed by atoms with E-state index in [-0.39, 0.29) is 6.42 Å². The minimum atomic E-state index is -2.03. The highest BCUT2D eigenvalue weighted by atomic mass is 16.4. The predicted octanol–water partition coefficient (Wildman–Crippen LogP) is -0.168. The van der Waals surface area contributed by atoms with Crippen molar-refractivity contribution in [2.75, 3.05) is 0 Å². The minimum Gasteiger partial charge on any atom is -0.478 e. The summed E-state index contributed by atoms with van der Waals surface area (Å²) in [6.45, 7) is 3.23. The largest absolute Gasteiger partial charge is 0.478 e. The number of aliphatic hydroxyl groups is 2. The van der Waals surface area contributed by atoms with Crippen LogP contribution in [0.4, 0.5) is 0 Å². The van der Waals surface area contributed by atoms with Crippen molar-refractivity contribution in [1.82, 2.24) is 4.90 Å². The van der Waals surface area contributed by atoms with Gasteiger partial charge in [-0.2, -0.15) is 0 Å². The van der Waals surface area contributed by atoms with Crippen LogP contribution in [0.1, 0.15) is 13.3 Å². The number of aliphatic carboxylic acids is 1. The summed E-state index contributed by atoms with van der Waals surface area (Å²) in [6.07, 6.45) is 2.26. The molecule has 0 aromatic carbocycles. The first-order valence-corrected chi connectivity index (χ1v) is 4.62. The Bertz CT molecular complexity index is 374. The molecule has 2 aliphatic rings. The molecule has 5 nitrogen and oxygen atoms in total. The van der Waals surface area contributed by atoms with E-state index in [0.717, 1.165) is 5.57 Å². The Morgan fingerprint density at radius 2 is 2.33 bits per heavy atom. The number of carbonyl (C=O) groups is 1. The third-order valence-electron chi connectivity index (χ3n) is 2.78. The van der Waals surface area contributed by atoms with E-state index in [2.05, 4.69) is 0 Å². The maximum Gasteiger partial charge on any atom is 0.357 e. The standard InChI is InChI=1S/C10H12NO4/c1-6-3-2-4-11-8(6)7(12)5-10(11,15)9(13)14/h2-4,7,12,15H,5H2,1H3,(H,13,14)/t7-,10+/m1/s1. The molecule has 2 rings (SSSR count). The van der Waals surface area contributed by atoms with E-state index >= 15 is 0 Å². The minimum absolute atomic E-state index is 0.215. The Kier molecular flexibility index (Phi) is 2.09. The van der Waals surface area contributed by atoms with Crippen molar-refractivity contribution >= 4 is 5.97 Å². The van der Waals surface area contributed by atoms with Gasteiger partial charge in [0.1, 0.15) is 0 Å². The molecule has 2 atom stereocenters. The van der Waals surface area contributed by atoms with E-state index in [1.54, 1.807) is 19.1 Å². The Morgan fingerprint density at radius 1 is 1.67 bits per heavy atom. The summed E-state index contributed by atoms with van der Waals surface area (Å²) in [7, 11) is 0. The predicted molar refractivity (Wildman–Crippen MR) is 51.2 cm³/mol. The molecule has 0 saturated carbocycles. The summed E-state index contributed by atoms with van der Waals surface area (Å²) in [5, 5.41) is 28.6. The molecule has 5 heteroatoms. The zero-order chi connectivity index (χ0) is 11.2. The number of carboxylic acids is 1. The maximum atomic E-state index is 11.0. The molecular formula is C10H12NO4. The van der Waals surface area contributed by atoms with Gasteiger partial charge in [0, 0.05) is 12.1 Å². The Morgan fingerprint density at radius 3 is 2.93 bits per heavy atom. The van der Waals surface area contributed by atoms with Gasteiger partial charge in [0.25, 0.3) is 0 Å². The van der Waals surface area contributed by atoms with Gasteiger partial charge < -0.3 is 20.2 Å². The fourth-order valence-corrected chi connectivity index (χ4v) is 2.03. The Labute approximate surface area is 86.9 Å². The lowest BCUT2D eigenvalue weighted by Crippen LogP contribution is -2.48. The molecule has 2 heterocycles. The van der Waals surface area contributed by atoms with E-state index in [1.807, 2.05) is 0 Å². The average Bonchev–Trinajstić information content (AvgIpc) is 2.41. The lowest BCUT2D eigenvalue weighted by atomic mass is 10.1. The molecule has 2 aliphatic heterocycles. The van der Waals surface area contributed by atoms with Gasteiger partial charge >= 0.3 is 5.97 Å². The number of hydrogen-bond acceptors (Lipinski definition) is 4. The van der Waals surface area contributed by atoms with Crippen LogP contribution < -0.4 is 0 Å². The first-order valence-electron chi connectivity index (χ1n) is 4.62. The van der Waals surface area contributed by atoms with E-state index in [9.17, 15) is 15.0 Å². The van der Waals surface area contributed by atoms with Gasteiger partial charge in [-0.15, -0.1) is 0 Å². The monoisotopic (exact) mass is 210 g/mol. The van der Waals surface area contributed by atoms with Crippen LogP contribution in [0.15, 0.2) is 23.4 Å². The van der Waals surface area contributed by atoms with Crippen molar-refractivity contribution in [3.8, 4) is 0 Å². The molecule has 0 aliphatic carbocycles. The van der Waals surface area contributed by atoms with Crippen LogP contribution in [-0.2, 0) is 4.79 Å². The molecule has 0 bridgehead atoms. The summed E-state index contributed by atoms with van der Waals surface area (Å²) in [5.41, 5.74) is -0.801. The highest BCUT2D eigenvalue weighted by molar-refractivity contribution is 5.78. The van der Waals surface area contributed by atoms with Crippen LogP contribution in [0.3, 0.4) is 0 Å². The van der Waals surface area contributed by atoms with Gasteiger partial charge in [0.2, 0.25) is 5.72 Å². The zero-order valence-electron chi connectivity index (χ0n) is 8.21.